The maximum atomic E-state index is 11.7. The quantitative estimate of drug-likeness (QED) is 0.816. The van der Waals surface area contributed by atoms with Gasteiger partial charge in [0.25, 0.3) is 0 Å². The number of rotatable bonds is 6. The maximum Gasteiger partial charge on any atom is 0.234 e. The Labute approximate surface area is 102 Å². The summed E-state index contributed by atoms with van der Waals surface area (Å²) in [4.78, 5) is 13.8. The molecule has 1 amide bonds. The molecule has 4 heteroatoms. The Balaban J connectivity index is 1.69. The molecule has 0 spiro atoms. The van der Waals surface area contributed by atoms with Crippen molar-refractivity contribution in [3.8, 4) is 0 Å². The summed E-state index contributed by atoms with van der Waals surface area (Å²) in [6.07, 6.45) is 4.22. The third kappa shape index (κ3) is 3.60. The molecule has 94 valence electrons. The first-order valence-corrected chi connectivity index (χ1v) is 6.16. The van der Waals surface area contributed by atoms with Gasteiger partial charge in [0.05, 0.1) is 19.4 Å². The summed E-state index contributed by atoms with van der Waals surface area (Å²) in [5.41, 5.74) is 0. The number of nitrogens with zero attached hydrogens (tertiary/aromatic N) is 1. The van der Waals surface area contributed by atoms with Gasteiger partial charge in [-0.1, -0.05) is 0 Å². The molecule has 17 heavy (non-hydrogen) atoms. The fourth-order valence-electron chi connectivity index (χ4n) is 1.96. The summed E-state index contributed by atoms with van der Waals surface area (Å²) in [6.45, 7) is 3.12. The molecule has 1 aromatic rings. The molecule has 2 rings (SSSR count). The zero-order valence-corrected chi connectivity index (χ0v) is 10.5. The number of nitrogens with one attached hydrogen (secondary N) is 1. The van der Waals surface area contributed by atoms with Crippen LogP contribution in [-0.4, -0.2) is 30.4 Å². The highest BCUT2D eigenvalue weighted by Gasteiger charge is 2.30. The van der Waals surface area contributed by atoms with E-state index in [0.717, 1.165) is 11.7 Å². The smallest absolute Gasteiger partial charge is 0.234 e. The first-order chi connectivity index (χ1) is 8.16. The zero-order chi connectivity index (χ0) is 12.3. The minimum atomic E-state index is 0.0522. The molecule has 1 aliphatic carbocycles. The number of carbonyl (C=O) groups excluding carboxylic acids is 1. The number of furan rings is 1. The van der Waals surface area contributed by atoms with E-state index in [1.54, 1.807) is 6.26 Å². The maximum absolute atomic E-state index is 11.7. The predicted molar refractivity (Wildman–Crippen MR) is 65.4 cm³/mol. The van der Waals surface area contributed by atoms with Gasteiger partial charge in [-0.15, -0.1) is 0 Å². The minimum Gasteiger partial charge on any atom is -0.467 e. The number of amides is 1. The fourth-order valence-corrected chi connectivity index (χ4v) is 1.96. The molecule has 0 radical (unpaired) electrons. The van der Waals surface area contributed by atoms with Crippen LogP contribution in [0.1, 0.15) is 25.5 Å². The minimum absolute atomic E-state index is 0.0522. The second-order valence-corrected chi connectivity index (χ2v) is 4.85. The van der Waals surface area contributed by atoms with Gasteiger partial charge in [0.2, 0.25) is 5.91 Å². The second-order valence-electron chi connectivity index (χ2n) is 4.85. The monoisotopic (exact) mass is 236 g/mol. The Morgan fingerprint density at radius 2 is 2.41 bits per heavy atom. The van der Waals surface area contributed by atoms with Crippen LogP contribution in [0.15, 0.2) is 22.8 Å². The summed E-state index contributed by atoms with van der Waals surface area (Å²) in [5.74, 6) is 1.63. The van der Waals surface area contributed by atoms with Gasteiger partial charge in [0, 0.05) is 6.04 Å². The van der Waals surface area contributed by atoms with E-state index in [0.29, 0.717) is 19.1 Å². The Bertz CT molecular complexity index is 358. The molecule has 0 saturated heterocycles. The molecule has 4 nitrogen and oxygen atoms in total. The summed E-state index contributed by atoms with van der Waals surface area (Å²) in [7, 11) is 2.01. The van der Waals surface area contributed by atoms with Crippen molar-refractivity contribution in [3.63, 3.8) is 0 Å². The molecule has 0 bridgehead atoms. The Hall–Kier alpha value is -1.29. The van der Waals surface area contributed by atoms with Crippen LogP contribution in [0.2, 0.25) is 0 Å². The lowest BCUT2D eigenvalue weighted by Crippen LogP contribution is -2.40. The van der Waals surface area contributed by atoms with Crippen LogP contribution in [0.3, 0.4) is 0 Å². The average Bonchev–Trinajstić information content (AvgIpc) is 3.02. The van der Waals surface area contributed by atoms with Crippen LogP contribution in [-0.2, 0) is 11.3 Å². The third-order valence-electron chi connectivity index (χ3n) is 3.43. The summed E-state index contributed by atoms with van der Waals surface area (Å²) < 4.78 is 5.16. The van der Waals surface area contributed by atoms with E-state index in [2.05, 4.69) is 17.1 Å². The molecular formula is C13H20N2O2. The van der Waals surface area contributed by atoms with Crippen molar-refractivity contribution in [2.24, 2.45) is 5.92 Å². The molecule has 1 atom stereocenters. The molecule has 0 aliphatic heterocycles. The van der Waals surface area contributed by atoms with Crippen LogP contribution in [0.25, 0.3) is 0 Å². The van der Waals surface area contributed by atoms with E-state index in [4.69, 9.17) is 4.42 Å². The summed E-state index contributed by atoms with van der Waals surface area (Å²) in [5, 5.41) is 2.86. The van der Waals surface area contributed by atoms with Gasteiger partial charge in [0.1, 0.15) is 5.76 Å². The van der Waals surface area contributed by atoms with Gasteiger partial charge in [0.15, 0.2) is 0 Å². The van der Waals surface area contributed by atoms with E-state index >= 15 is 0 Å². The van der Waals surface area contributed by atoms with Crippen molar-refractivity contribution < 1.29 is 9.21 Å². The molecule has 1 N–H and O–H groups in total. The molecular weight excluding hydrogens is 216 g/mol. The zero-order valence-electron chi connectivity index (χ0n) is 10.5. The van der Waals surface area contributed by atoms with Crippen LogP contribution in [0, 0.1) is 5.92 Å². The van der Waals surface area contributed by atoms with E-state index in [-0.39, 0.29) is 5.91 Å². The average molecular weight is 236 g/mol. The van der Waals surface area contributed by atoms with Crippen molar-refractivity contribution in [2.75, 3.05) is 13.6 Å². The number of hydrogen-bond acceptors (Lipinski definition) is 3. The lowest BCUT2D eigenvalue weighted by molar-refractivity contribution is -0.122. The molecule has 1 aliphatic rings. The third-order valence-corrected chi connectivity index (χ3v) is 3.43. The van der Waals surface area contributed by atoms with E-state index in [1.807, 2.05) is 19.2 Å². The lowest BCUT2D eigenvalue weighted by Gasteiger charge is -2.23. The van der Waals surface area contributed by atoms with E-state index in [1.165, 1.54) is 12.8 Å². The SMILES string of the molecule is CC(C1CC1)N(C)CC(=O)NCc1ccco1. The molecule has 1 fully saturated rings. The molecule has 1 unspecified atom stereocenters. The largest absolute Gasteiger partial charge is 0.467 e. The van der Waals surface area contributed by atoms with Crippen molar-refractivity contribution in [1.29, 1.82) is 0 Å². The first kappa shape index (κ1) is 12.2. The van der Waals surface area contributed by atoms with Crippen LogP contribution >= 0.6 is 0 Å². The fraction of sp³-hybridized carbons (Fsp3) is 0.615. The van der Waals surface area contributed by atoms with Gasteiger partial charge in [-0.25, -0.2) is 0 Å². The number of likely N-dealkylation sites (N-methyl/N-ethyl adjacent to an activating group) is 1. The lowest BCUT2D eigenvalue weighted by atomic mass is 10.2. The van der Waals surface area contributed by atoms with Gasteiger partial charge < -0.3 is 9.73 Å². The molecule has 1 aromatic heterocycles. The highest BCUT2D eigenvalue weighted by molar-refractivity contribution is 5.77. The van der Waals surface area contributed by atoms with Gasteiger partial charge in [-0.3, -0.25) is 9.69 Å². The highest BCUT2D eigenvalue weighted by atomic mass is 16.3. The Morgan fingerprint density at radius 1 is 1.65 bits per heavy atom. The van der Waals surface area contributed by atoms with Crippen LogP contribution < -0.4 is 5.32 Å². The normalized spacial score (nSPS) is 17.1. The summed E-state index contributed by atoms with van der Waals surface area (Å²) in [6, 6.07) is 4.18. The standard InChI is InChI=1S/C13H20N2O2/c1-10(11-5-6-11)15(2)9-13(16)14-8-12-4-3-7-17-12/h3-4,7,10-11H,5-6,8-9H2,1-2H3,(H,14,16). The van der Waals surface area contributed by atoms with E-state index in [9.17, 15) is 4.79 Å². The first-order valence-electron chi connectivity index (χ1n) is 6.16. The Morgan fingerprint density at radius 3 is 3.00 bits per heavy atom. The van der Waals surface area contributed by atoms with E-state index < -0.39 is 0 Å². The van der Waals surface area contributed by atoms with Gasteiger partial charge >= 0.3 is 0 Å². The Kier molecular flexibility index (Phi) is 3.84. The number of hydrogen-bond donors (Lipinski definition) is 1. The molecule has 0 aromatic carbocycles. The van der Waals surface area contributed by atoms with Crippen molar-refractivity contribution >= 4 is 5.91 Å². The predicted octanol–water partition coefficient (Wildman–Crippen LogP) is 1.63. The highest BCUT2D eigenvalue weighted by Crippen LogP contribution is 2.34. The van der Waals surface area contributed by atoms with Crippen LogP contribution in [0.4, 0.5) is 0 Å². The second kappa shape index (κ2) is 5.36. The topological polar surface area (TPSA) is 45.5 Å². The summed E-state index contributed by atoms with van der Waals surface area (Å²) >= 11 is 0. The van der Waals surface area contributed by atoms with Crippen molar-refractivity contribution in [3.05, 3.63) is 24.2 Å². The van der Waals surface area contributed by atoms with Crippen molar-refractivity contribution in [2.45, 2.75) is 32.4 Å². The molecule has 1 saturated carbocycles. The number of carbonyl (C=O) groups is 1. The van der Waals surface area contributed by atoms with Crippen molar-refractivity contribution in [1.82, 2.24) is 10.2 Å². The van der Waals surface area contributed by atoms with Gasteiger partial charge in [-0.2, -0.15) is 0 Å². The van der Waals surface area contributed by atoms with Gasteiger partial charge in [-0.05, 0) is 44.9 Å². The van der Waals surface area contributed by atoms with Crippen LogP contribution in [0.5, 0.6) is 0 Å². The molecule has 1 heterocycles.